The van der Waals surface area contributed by atoms with Crippen molar-refractivity contribution in [3.05, 3.63) is 17.7 Å². The average molecular weight is 222 g/mol. The third-order valence-corrected chi connectivity index (χ3v) is 3.09. The number of anilines is 1. The second-order valence-electron chi connectivity index (χ2n) is 3.94. The third-order valence-electron chi connectivity index (χ3n) is 3.09. The first-order valence-corrected chi connectivity index (χ1v) is 5.50. The number of fused-ring (bicyclic) bond motifs is 1. The van der Waals surface area contributed by atoms with Crippen LogP contribution in [0.4, 0.5) is 5.69 Å². The lowest BCUT2D eigenvalue weighted by Gasteiger charge is -2.26. The molecule has 4 nitrogen and oxygen atoms in total. The molecule has 0 bridgehead atoms. The summed E-state index contributed by atoms with van der Waals surface area (Å²) < 4.78 is 10.6. The molecule has 1 unspecified atom stereocenters. The minimum Gasteiger partial charge on any atom is -0.493 e. The Morgan fingerprint density at radius 1 is 1.31 bits per heavy atom. The molecule has 0 amide bonds. The van der Waals surface area contributed by atoms with Gasteiger partial charge in [0.25, 0.3) is 0 Å². The Kier molecular flexibility index (Phi) is 3.19. The number of nitrogens with two attached hydrogens (primary N) is 1. The van der Waals surface area contributed by atoms with Gasteiger partial charge in [-0.25, -0.2) is 0 Å². The summed E-state index contributed by atoms with van der Waals surface area (Å²) >= 11 is 0. The van der Waals surface area contributed by atoms with E-state index in [0.29, 0.717) is 12.5 Å². The van der Waals surface area contributed by atoms with Gasteiger partial charge < -0.3 is 20.5 Å². The lowest BCUT2D eigenvalue weighted by Crippen LogP contribution is -2.22. The SMILES string of the molecule is COc1cc2c(cc1OC)C(CN)CCN2. The maximum Gasteiger partial charge on any atom is 0.162 e. The van der Waals surface area contributed by atoms with Crippen LogP contribution in [0.3, 0.4) is 0 Å². The van der Waals surface area contributed by atoms with Crippen molar-refractivity contribution in [2.45, 2.75) is 12.3 Å². The molecule has 0 fully saturated rings. The molecular weight excluding hydrogens is 204 g/mol. The van der Waals surface area contributed by atoms with E-state index in [1.165, 1.54) is 5.56 Å². The Hall–Kier alpha value is -1.42. The summed E-state index contributed by atoms with van der Waals surface area (Å²) in [6, 6.07) is 4.01. The minimum absolute atomic E-state index is 0.413. The molecule has 0 aliphatic carbocycles. The maximum atomic E-state index is 5.78. The number of ether oxygens (including phenoxy) is 2. The largest absolute Gasteiger partial charge is 0.493 e. The van der Waals surface area contributed by atoms with E-state index in [-0.39, 0.29) is 0 Å². The molecule has 0 aromatic heterocycles. The molecule has 1 aromatic carbocycles. The van der Waals surface area contributed by atoms with Gasteiger partial charge in [-0.05, 0) is 30.5 Å². The van der Waals surface area contributed by atoms with Crippen LogP contribution in [0.2, 0.25) is 0 Å². The lowest BCUT2D eigenvalue weighted by molar-refractivity contribution is 0.354. The molecule has 4 heteroatoms. The standard InChI is InChI=1S/C12H18N2O2/c1-15-11-5-9-8(7-13)3-4-14-10(9)6-12(11)16-2/h5-6,8,14H,3-4,7,13H2,1-2H3. The van der Waals surface area contributed by atoms with Crippen LogP contribution in [-0.4, -0.2) is 27.3 Å². The van der Waals surface area contributed by atoms with E-state index in [1.54, 1.807) is 14.2 Å². The van der Waals surface area contributed by atoms with Gasteiger partial charge in [0.05, 0.1) is 14.2 Å². The summed E-state index contributed by atoms with van der Waals surface area (Å²) in [5, 5.41) is 3.36. The molecule has 0 saturated heterocycles. The van der Waals surface area contributed by atoms with E-state index in [2.05, 4.69) is 5.32 Å². The average Bonchev–Trinajstić information content (AvgIpc) is 2.36. The number of nitrogens with one attached hydrogen (secondary N) is 1. The molecule has 1 aliphatic rings. The van der Waals surface area contributed by atoms with Gasteiger partial charge in [-0.2, -0.15) is 0 Å². The highest BCUT2D eigenvalue weighted by molar-refractivity contribution is 5.63. The monoisotopic (exact) mass is 222 g/mol. The fraction of sp³-hybridized carbons (Fsp3) is 0.500. The highest BCUT2D eigenvalue weighted by atomic mass is 16.5. The zero-order valence-corrected chi connectivity index (χ0v) is 9.75. The Bertz CT molecular complexity index is 380. The molecule has 88 valence electrons. The van der Waals surface area contributed by atoms with Gasteiger partial charge in [0.2, 0.25) is 0 Å². The van der Waals surface area contributed by atoms with Gasteiger partial charge in [0.1, 0.15) is 0 Å². The number of rotatable bonds is 3. The van der Waals surface area contributed by atoms with Crippen LogP contribution in [0.25, 0.3) is 0 Å². The number of methoxy groups -OCH3 is 2. The van der Waals surface area contributed by atoms with Gasteiger partial charge in [0.15, 0.2) is 11.5 Å². The van der Waals surface area contributed by atoms with Gasteiger partial charge >= 0.3 is 0 Å². The molecule has 0 spiro atoms. The van der Waals surface area contributed by atoms with Gasteiger partial charge in [-0.3, -0.25) is 0 Å². The van der Waals surface area contributed by atoms with Crippen LogP contribution in [0.15, 0.2) is 12.1 Å². The normalized spacial score (nSPS) is 18.6. The maximum absolute atomic E-state index is 5.78. The van der Waals surface area contributed by atoms with Crippen molar-refractivity contribution in [1.82, 2.24) is 0 Å². The number of benzene rings is 1. The highest BCUT2D eigenvalue weighted by Crippen LogP contribution is 2.39. The number of hydrogen-bond acceptors (Lipinski definition) is 4. The van der Waals surface area contributed by atoms with Crippen molar-refractivity contribution in [2.75, 3.05) is 32.6 Å². The summed E-state index contributed by atoms with van der Waals surface area (Å²) in [6.45, 7) is 1.63. The van der Waals surface area contributed by atoms with Crippen LogP contribution >= 0.6 is 0 Å². The van der Waals surface area contributed by atoms with Gasteiger partial charge in [-0.1, -0.05) is 0 Å². The molecule has 1 atom stereocenters. The summed E-state index contributed by atoms with van der Waals surface area (Å²) in [4.78, 5) is 0. The molecule has 1 aromatic rings. The topological polar surface area (TPSA) is 56.5 Å². The Morgan fingerprint density at radius 2 is 2.00 bits per heavy atom. The predicted molar refractivity (Wildman–Crippen MR) is 64.4 cm³/mol. The van der Waals surface area contributed by atoms with E-state index in [1.807, 2.05) is 12.1 Å². The van der Waals surface area contributed by atoms with Crippen molar-refractivity contribution < 1.29 is 9.47 Å². The third kappa shape index (κ3) is 1.80. The molecular formula is C12H18N2O2. The zero-order chi connectivity index (χ0) is 11.5. The van der Waals surface area contributed by atoms with Gasteiger partial charge in [0, 0.05) is 18.3 Å². The van der Waals surface area contributed by atoms with Crippen molar-refractivity contribution in [3.63, 3.8) is 0 Å². The Labute approximate surface area is 95.7 Å². The molecule has 3 N–H and O–H groups in total. The van der Waals surface area contributed by atoms with E-state index in [9.17, 15) is 0 Å². The summed E-state index contributed by atoms with van der Waals surface area (Å²) in [6.07, 6.45) is 1.07. The highest BCUT2D eigenvalue weighted by Gasteiger charge is 2.21. The predicted octanol–water partition coefficient (Wildman–Crippen LogP) is 1.56. The van der Waals surface area contributed by atoms with Crippen molar-refractivity contribution in [3.8, 4) is 11.5 Å². The second-order valence-corrected chi connectivity index (χ2v) is 3.94. The van der Waals surface area contributed by atoms with E-state index in [0.717, 1.165) is 30.2 Å². The first-order chi connectivity index (χ1) is 7.80. The van der Waals surface area contributed by atoms with Gasteiger partial charge in [-0.15, -0.1) is 0 Å². The molecule has 2 rings (SSSR count). The van der Waals surface area contributed by atoms with Crippen LogP contribution in [-0.2, 0) is 0 Å². The smallest absolute Gasteiger partial charge is 0.162 e. The van der Waals surface area contributed by atoms with E-state index in [4.69, 9.17) is 15.2 Å². The van der Waals surface area contributed by atoms with Crippen LogP contribution in [0, 0.1) is 0 Å². The fourth-order valence-electron chi connectivity index (χ4n) is 2.17. The fourth-order valence-corrected chi connectivity index (χ4v) is 2.17. The quantitative estimate of drug-likeness (QED) is 0.815. The van der Waals surface area contributed by atoms with Crippen molar-refractivity contribution in [2.24, 2.45) is 5.73 Å². The molecule has 0 saturated carbocycles. The second kappa shape index (κ2) is 4.61. The van der Waals surface area contributed by atoms with Crippen molar-refractivity contribution >= 4 is 5.69 Å². The van der Waals surface area contributed by atoms with Crippen LogP contribution in [0.1, 0.15) is 17.9 Å². The lowest BCUT2D eigenvalue weighted by atomic mass is 9.91. The zero-order valence-electron chi connectivity index (χ0n) is 9.75. The number of hydrogen-bond donors (Lipinski definition) is 2. The molecule has 1 heterocycles. The Balaban J connectivity index is 2.46. The van der Waals surface area contributed by atoms with Crippen molar-refractivity contribution in [1.29, 1.82) is 0 Å². The van der Waals surface area contributed by atoms with Crippen LogP contribution in [0.5, 0.6) is 11.5 Å². The summed E-state index contributed by atoms with van der Waals surface area (Å²) in [5.74, 6) is 1.94. The first-order valence-electron chi connectivity index (χ1n) is 5.50. The summed E-state index contributed by atoms with van der Waals surface area (Å²) in [7, 11) is 3.30. The van der Waals surface area contributed by atoms with E-state index < -0.39 is 0 Å². The minimum atomic E-state index is 0.413. The molecule has 1 aliphatic heterocycles. The van der Waals surface area contributed by atoms with Crippen LogP contribution < -0.4 is 20.5 Å². The summed E-state index contributed by atoms with van der Waals surface area (Å²) in [5.41, 5.74) is 8.12. The molecule has 0 radical (unpaired) electrons. The van der Waals surface area contributed by atoms with E-state index >= 15 is 0 Å². The Morgan fingerprint density at radius 3 is 2.62 bits per heavy atom. The first kappa shape index (κ1) is 11.1. The molecule has 16 heavy (non-hydrogen) atoms.